The first kappa shape index (κ1) is 14.6. The van der Waals surface area contributed by atoms with Crippen molar-refractivity contribution in [3.63, 3.8) is 0 Å². The van der Waals surface area contributed by atoms with Gasteiger partial charge in [0, 0.05) is 7.05 Å². The number of carbonyl (C=O) groups is 1. The van der Waals surface area contributed by atoms with Crippen LogP contribution >= 0.6 is 39.1 Å². The molecule has 0 radical (unpaired) electrons. The Labute approximate surface area is 129 Å². The molecule has 0 saturated heterocycles. The zero-order chi connectivity index (χ0) is 14.2. The monoisotopic (exact) mass is 360 g/mol. The second kappa shape index (κ2) is 5.65. The molecular formula is C13H11BrCl2N2O. The summed E-state index contributed by atoms with van der Waals surface area (Å²) >= 11 is 15.5. The van der Waals surface area contributed by atoms with Crippen LogP contribution in [-0.2, 0) is 13.5 Å². The van der Waals surface area contributed by atoms with Crippen LogP contribution in [-0.4, -0.2) is 15.6 Å². The largest absolute Gasteiger partial charge is 0.294 e. The summed E-state index contributed by atoms with van der Waals surface area (Å²) in [5.41, 5.74) is 2.01. The number of nitrogens with zero attached hydrogens (tertiary/aromatic N) is 2. The highest BCUT2D eigenvalue weighted by atomic mass is 79.9. The van der Waals surface area contributed by atoms with Gasteiger partial charge in [-0.05, 0) is 35.0 Å². The Balaban J connectivity index is 2.36. The van der Waals surface area contributed by atoms with Crippen LogP contribution in [0.4, 0.5) is 0 Å². The molecule has 3 nitrogen and oxygen atoms in total. The fourth-order valence-electron chi connectivity index (χ4n) is 1.88. The fourth-order valence-corrected chi connectivity index (χ4v) is 2.96. The minimum absolute atomic E-state index is 0.126. The van der Waals surface area contributed by atoms with E-state index in [-0.39, 0.29) is 12.2 Å². The SMILES string of the molecule is Cc1nn(C)c(CC(=O)c2c(Cl)cccc2Cl)c1Br. The van der Waals surface area contributed by atoms with Gasteiger partial charge >= 0.3 is 0 Å². The van der Waals surface area contributed by atoms with Crippen molar-refractivity contribution in [2.24, 2.45) is 7.05 Å². The zero-order valence-electron chi connectivity index (χ0n) is 10.4. The van der Waals surface area contributed by atoms with E-state index < -0.39 is 0 Å². The van der Waals surface area contributed by atoms with Crippen molar-refractivity contribution in [2.75, 3.05) is 0 Å². The van der Waals surface area contributed by atoms with Crippen molar-refractivity contribution in [3.05, 3.63) is 49.7 Å². The predicted octanol–water partition coefficient (Wildman–Crippen LogP) is 4.22. The van der Waals surface area contributed by atoms with Gasteiger partial charge in [0.2, 0.25) is 0 Å². The van der Waals surface area contributed by atoms with E-state index in [1.165, 1.54) is 0 Å². The number of ketones is 1. The highest BCUT2D eigenvalue weighted by molar-refractivity contribution is 9.10. The summed E-state index contributed by atoms with van der Waals surface area (Å²) in [6, 6.07) is 5.03. The summed E-state index contributed by atoms with van der Waals surface area (Å²) in [4.78, 5) is 12.3. The van der Waals surface area contributed by atoms with Crippen LogP contribution in [0.15, 0.2) is 22.7 Å². The Bertz CT molecular complexity index is 632. The first-order chi connectivity index (χ1) is 8.91. The van der Waals surface area contributed by atoms with E-state index in [0.717, 1.165) is 15.9 Å². The van der Waals surface area contributed by atoms with Gasteiger partial charge in [-0.25, -0.2) is 0 Å². The van der Waals surface area contributed by atoms with Crippen LogP contribution in [0.2, 0.25) is 10.0 Å². The third-order valence-electron chi connectivity index (χ3n) is 2.83. The molecule has 0 aliphatic carbocycles. The number of rotatable bonds is 3. The maximum atomic E-state index is 12.3. The number of Topliss-reactive ketones (excluding diaryl/α,β-unsaturated/α-hetero) is 1. The molecule has 0 amide bonds. The molecule has 2 aromatic rings. The zero-order valence-corrected chi connectivity index (χ0v) is 13.5. The van der Waals surface area contributed by atoms with Crippen LogP contribution in [0, 0.1) is 6.92 Å². The summed E-state index contributed by atoms with van der Waals surface area (Å²) in [6.45, 7) is 1.88. The lowest BCUT2D eigenvalue weighted by Gasteiger charge is -2.06. The van der Waals surface area contributed by atoms with E-state index in [9.17, 15) is 4.79 Å². The molecule has 0 aliphatic rings. The molecule has 0 bridgehead atoms. The number of hydrogen-bond donors (Lipinski definition) is 0. The van der Waals surface area contributed by atoms with Crippen molar-refractivity contribution in [2.45, 2.75) is 13.3 Å². The molecule has 6 heteroatoms. The van der Waals surface area contributed by atoms with Crippen molar-refractivity contribution in [1.29, 1.82) is 0 Å². The molecule has 0 aliphatic heterocycles. The average molecular weight is 362 g/mol. The van der Waals surface area contributed by atoms with Crippen molar-refractivity contribution in [1.82, 2.24) is 9.78 Å². The molecular weight excluding hydrogens is 351 g/mol. The molecule has 0 unspecified atom stereocenters. The van der Waals surface area contributed by atoms with E-state index in [1.807, 2.05) is 6.92 Å². The fraction of sp³-hybridized carbons (Fsp3) is 0.231. The Morgan fingerprint density at radius 3 is 2.42 bits per heavy atom. The summed E-state index contributed by atoms with van der Waals surface area (Å²) in [6.07, 6.45) is 0.196. The van der Waals surface area contributed by atoms with E-state index in [1.54, 1.807) is 29.9 Å². The minimum atomic E-state index is -0.126. The van der Waals surface area contributed by atoms with Gasteiger partial charge in [0.1, 0.15) is 0 Å². The molecule has 0 atom stereocenters. The highest BCUT2D eigenvalue weighted by Gasteiger charge is 2.19. The van der Waals surface area contributed by atoms with Crippen molar-refractivity contribution < 1.29 is 4.79 Å². The molecule has 0 saturated carbocycles. The summed E-state index contributed by atoms with van der Waals surface area (Å²) in [7, 11) is 1.80. The molecule has 1 aromatic carbocycles. The number of halogens is 3. The van der Waals surface area contributed by atoms with Gasteiger partial charge in [0.05, 0.1) is 37.9 Å². The van der Waals surface area contributed by atoms with Crippen LogP contribution in [0.1, 0.15) is 21.7 Å². The van der Waals surface area contributed by atoms with Crippen molar-refractivity contribution >= 4 is 44.9 Å². The molecule has 0 spiro atoms. The number of hydrogen-bond acceptors (Lipinski definition) is 2. The Morgan fingerprint density at radius 2 is 1.95 bits per heavy atom. The maximum Gasteiger partial charge on any atom is 0.171 e. The van der Waals surface area contributed by atoms with Crippen molar-refractivity contribution in [3.8, 4) is 0 Å². The minimum Gasteiger partial charge on any atom is -0.294 e. The number of carbonyl (C=O) groups excluding carboxylic acids is 1. The van der Waals surface area contributed by atoms with Gasteiger partial charge in [-0.3, -0.25) is 9.48 Å². The van der Waals surface area contributed by atoms with E-state index in [4.69, 9.17) is 23.2 Å². The normalized spacial score (nSPS) is 10.8. The summed E-state index contributed by atoms with van der Waals surface area (Å²) in [5.74, 6) is -0.126. The lowest BCUT2D eigenvalue weighted by Crippen LogP contribution is -2.09. The van der Waals surface area contributed by atoms with Gasteiger partial charge < -0.3 is 0 Å². The Kier molecular flexibility index (Phi) is 4.33. The molecule has 0 fully saturated rings. The summed E-state index contributed by atoms with van der Waals surface area (Å²) in [5, 5.41) is 4.99. The molecule has 1 heterocycles. The quantitative estimate of drug-likeness (QED) is 0.767. The van der Waals surface area contributed by atoms with Gasteiger partial charge in [0.25, 0.3) is 0 Å². The van der Waals surface area contributed by atoms with Crippen LogP contribution < -0.4 is 0 Å². The molecule has 19 heavy (non-hydrogen) atoms. The predicted molar refractivity (Wildman–Crippen MR) is 80.1 cm³/mol. The number of aryl methyl sites for hydroxylation is 2. The van der Waals surface area contributed by atoms with Crippen LogP contribution in [0.5, 0.6) is 0 Å². The Hall–Kier alpha value is -0.840. The second-order valence-electron chi connectivity index (χ2n) is 4.17. The number of aromatic nitrogens is 2. The van der Waals surface area contributed by atoms with E-state index in [2.05, 4.69) is 21.0 Å². The molecule has 100 valence electrons. The first-order valence-electron chi connectivity index (χ1n) is 5.57. The van der Waals surface area contributed by atoms with E-state index >= 15 is 0 Å². The second-order valence-corrected chi connectivity index (χ2v) is 5.77. The third-order valence-corrected chi connectivity index (χ3v) is 4.49. The highest BCUT2D eigenvalue weighted by Crippen LogP contribution is 2.27. The smallest absolute Gasteiger partial charge is 0.171 e. The molecule has 2 rings (SSSR count). The van der Waals surface area contributed by atoms with Gasteiger partial charge in [-0.1, -0.05) is 29.3 Å². The van der Waals surface area contributed by atoms with E-state index in [0.29, 0.717) is 15.6 Å². The van der Waals surface area contributed by atoms with Crippen LogP contribution in [0.3, 0.4) is 0 Å². The van der Waals surface area contributed by atoms with Gasteiger partial charge in [-0.15, -0.1) is 0 Å². The Morgan fingerprint density at radius 1 is 1.37 bits per heavy atom. The van der Waals surface area contributed by atoms with Gasteiger partial charge in [0.15, 0.2) is 5.78 Å². The standard InChI is InChI=1S/C13H11BrCl2N2O/c1-7-13(14)10(18(2)17-7)6-11(19)12-8(15)4-3-5-9(12)16/h3-5H,6H2,1-2H3. The average Bonchev–Trinajstić information content (AvgIpc) is 2.56. The molecule has 1 aromatic heterocycles. The lowest BCUT2D eigenvalue weighted by molar-refractivity contribution is 0.0991. The third kappa shape index (κ3) is 2.86. The topological polar surface area (TPSA) is 34.9 Å². The van der Waals surface area contributed by atoms with Gasteiger partial charge in [-0.2, -0.15) is 5.10 Å². The summed E-state index contributed by atoms with van der Waals surface area (Å²) < 4.78 is 2.52. The van der Waals surface area contributed by atoms with Crippen LogP contribution in [0.25, 0.3) is 0 Å². The number of benzene rings is 1. The lowest BCUT2D eigenvalue weighted by atomic mass is 10.1. The first-order valence-corrected chi connectivity index (χ1v) is 7.12. The maximum absolute atomic E-state index is 12.3. The molecule has 0 N–H and O–H groups in total.